The zero-order valence-corrected chi connectivity index (χ0v) is 11.7. The van der Waals surface area contributed by atoms with Gasteiger partial charge in [0.1, 0.15) is 11.6 Å². The third-order valence-electron chi connectivity index (χ3n) is 4.88. The Kier molecular flexibility index (Phi) is 3.48. The molecule has 104 valence electrons. The van der Waals surface area contributed by atoms with Gasteiger partial charge in [0.05, 0.1) is 7.11 Å². The van der Waals surface area contributed by atoms with Gasteiger partial charge in [0.2, 0.25) is 0 Å². The van der Waals surface area contributed by atoms with E-state index >= 15 is 0 Å². The van der Waals surface area contributed by atoms with Crippen molar-refractivity contribution in [2.45, 2.75) is 44.7 Å². The molecule has 2 fully saturated rings. The molecule has 1 aromatic rings. The van der Waals surface area contributed by atoms with Crippen molar-refractivity contribution in [2.24, 2.45) is 11.8 Å². The number of benzene rings is 1. The molecule has 0 amide bonds. The van der Waals surface area contributed by atoms with Crippen molar-refractivity contribution in [1.29, 1.82) is 0 Å². The average molecular weight is 263 g/mol. The van der Waals surface area contributed by atoms with E-state index < -0.39 is 0 Å². The molecule has 2 bridgehead atoms. The lowest BCUT2D eigenvalue weighted by Gasteiger charge is -2.27. The van der Waals surface area contributed by atoms with Gasteiger partial charge in [-0.15, -0.1) is 0 Å². The van der Waals surface area contributed by atoms with Gasteiger partial charge in [0.25, 0.3) is 0 Å². The number of halogens is 1. The number of ether oxygens (including phenoxy) is 1. The summed E-state index contributed by atoms with van der Waals surface area (Å²) in [5.74, 6) is 2.13. The topological polar surface area (TPSA) is 21.3 Å². The molecule has 1 N–H and O–H groups in total. The van der Waals surface area contributed by atoms with E-state index in [0.717, 1.165) is 17.4 Å². The molecule has 19 heavy (non-hydrogen) atoms. The lowest BCUT2D eigenvalue weighted by Crippen LogP contribution is -2.36. The van der Waals surface area contributed by atoms with Crippen LogP contribution in [-0.4, -0.2) is 13.2 Å². The smallest absolute Gasteiger partial charge is 0.131 e. The Hall–Kier alpha value is -1.09. The predicted octanol–water partition coefficient (Wildman–Crippen LogP) is 3.67. The summed E-state index contributed by atoms with van der Waals surface area (Å²) in [5, 5.41) is 3.62. The highest BCUT2D eigenvalue weighted by Gasteiger charge is 2.39. The standard InChI is InChI=1S/C16H22FNO/c1-10(14-6-5-13(19-2)9-15(14)17)18-16-8-11-3-4-12(16)7-11/h5-6,9-12,16,18H,3-4,7-8H2,1-2H3. The zero-order valence-electron chi connectivity index (χ0n) is 11.7. The van der Waals surface area contributed by atoms with Crippen molar-refractivity contribution in [3.8, 4) is 5.75 Å². The number of hydrogen-bond donors (Lipinski definition) is 1. The molecule has 3 rings (SSSR count). The van der Waals surface area contributed by atoms with Crippen LogP contribution >= 0.6 is 0 Å². The van der Waals surface area contributed by atoms with Crippen molar-refractivity contribution < 1.29 is 9.13 Å². The Morgan fingerprint density at radius 1 is 1.32 bits per heavy atom. The van der Waals surface area contributed by atoms with Crippen molar-refractivity contribution in [3.63, 3.8) is 0 Å². The Labute approximate surface area is 114 Å². The van der Waals surface area contributed by atoms with E-state index in [4.69, 9.17) is 4.74 Å². The SMILES string of the molecule is COc1ccc(C(C)NC2CC3CCC2C3)c(F)c1. The third kappa shape index (κ3) is 2.48. The highest BCUT2D eigenvalue weighted by atomic mass is 19.1. The third-order valence-corrected chi connectivity index (χ3v) is 4.88. The molecule has 2 saturated carbocycles. The molecule has 0 radical (unpaired) electrons. The van der Waals surface area contributed by atoms with Gasteiger partial charge in [0.15, 0.2) is 0 Å². The summed E-state index contributed by atoms with van der Waals surface area (Å²) < 4.78 is 19.1. The van der Waals surface area contributed by atoms with Crippen molar-refractivity contribution in [3.05, 3.63) is 29.6 Å². The normalized spacial score (nSPS) is 30.6. The molecule has 2 nitrogen and oxygen atoms in total. The molecule has 2 aliphatic carbocycles. The minimum absolute atomic E-state index is 0.0651. The van der Waals surface area contributed by atoms with Crippen molar-refractivity contribution in [2.75, 3.05) is 7.11 Å². The maximum absolute atomic E-state index is 14.0. The van der Waals surface area contributed by atoms with Crippen LogP contribution in [-0.2, 0) is 0 Å². The number of fused-ring (bicyclic) bond motifs is 2. The second kappa shape index (κ2) is 5.12. The number of methoxy groups -OCH3 is 1. The van der Waals surface area contributed by atoms with Gasteiger partial charge in [-0.2, -0.15) is 0 Å². The summed E-state index contributed by atoms with van der Waals surface area (Å²) in [6, 6.07) is 5.77. The van der Waals surface area contributed by atoms with E-state index in [1.54, 1.807) is 7.11 Å². The van der Waals surface area contributed by atoms with Gasteiger partial charge >= 0.3 is 0 Å². The van der Waals surface area contributed by atoms with Crippen LogP contribution in [0.3, 0.4) is 0 Å². The number of rotatable bonds is 4. The fourth-order valence-corrected chi connectivity index (χ4v) is 3.85. The summed E-state index contributed by atoms with van der Waals surface area (Å²) in [4.78, 5) is 0. The summed E-state index contributed by atoms with van der Waals surface area (Å²) in [6.45, 7) is 2.05. The molecule has 4 unspecified atom stereocenters. The summed E-state index contributed by atoms with van der Waals surface area (Å²) in [6.07, 6.45) is 5.39. The molecule has 0 saturated heterocycles. The van der Waals surface area contributed by atoms with Crippen molar-refractivity contribution >= 4 is 0 Å². The predicted molar refractivity (Wildman–Crippen MR) is 73.7 cm³/mol. The van der Waals surface area contributed by atoms with Crippen LogP contribution in [0.25, 0.3) is 0 Å². The van der Waals surface area contributed by atoms with E-state index in [-0.39, 0.29) is 11.9 Å². The minimum atomic E-state index is -0.178. The lowest BCUT2D eigenvalue weighted by atomic mass is 9.94. The summed E-state index contributed by atoms with van der Waals surface area (Å²) >= 11 is 0. The van der Waals surface area contributed by atoms with Gasteiger partial charge in [-0.25, -0.2) is 4.39 Å². The first-order chi connectivity index (χ1) is 9.17. The first-order valence-corrected chi connectivity index (χ1v) is 7.27. The van der Waals surface area contributed by atoms with E-state index in [9.17, 15) is 4.39 Å². The first kappa shape index (κ1) is 12.9. The van der Waals surface area contributed by atoms with Gasteiger partial charge in [0, 0.05) is 23.7 Å². The second-order valence-electron chi connectivity index (χ2n) is 6.06. The highest BCUT2D eigenvalue weighted by molar-refractivity contribution is 5.30. The summed E-state index contributed by atoms with van der Waals surface area (Å²) in [7, 11) is 1.56. The van der Waals surface area contributed by atoms with Gasteiger partial charge < -0.3 is 10.1 Å². The van der Waals surface area contributed by atoms with E-state index in [1.807, 2.05) is 12.1 Å². The molecule has 2 aliphatic rings. The van der Waals surface area contributed by atoms with E-state index in [2.05, 4.69) is 12.2 Å². The molecular formula is C16H22FNO. The molecular weight excluding hydrogens is 241 g/mol. The van der Waals surface area contributed by atoms with Crippen LogP contribution in [0.4, 0.5) is 4.39 Å². The van der Waals surface area contributed by atoms with E-state index in [1.165, 1.54) is 31.7 Å². The molecule has 0 aromatic heterocycles. The lowest BCUT2D eigenvalue weighted by molar-refractivity contribution is 0.323. The Morgan fingerprint density at radius 2 is 2.16 bits per heavy atom. The molecule has 1 aromatic carbocycles. The van der Waals surface area contributed by atoms with Crippen LogP contribution in [0, 0.1) is 17.7 Å². The second-order valence-corrected chi connectivity index (χ2v) is 6.06. The maximum atomic E-state index is 14.0. The Bertz CT molecular complexity index is 462. The quantitative estimate of drug-likeness (QED) is 0.895. The van der Waals surface area contributed by atoms with Crippen molar-refractivity contribution in [1.82, 2.24) is 5.32 Å². The maximum Gasteiger partial charge on any atom is 0.131 e. The van der Waals surface area contributed by atoms with Gasteiger partial charge in [-0.1, -0.05) is 12.5 Å². The fraction of sp³-hybridized carbons (Fsp3) is 0.625. The number of nitrogens with one attached hydrogen (secondary N) is 1. The monoisotopic (exact) mass is 263 g/mol. The highest BCUT2D eigenvalue weighted by Crippen LogP contribution is 2.45. The molecule has 0 aliphatic heterocycles. The van der Waals surface area contributed by atoms with Crippen LogP contribution in [0.15, 0.2) is 18.2 Å². The van der Waals surface area contributed by atoms with E-state index in [0.29, 0.717) is 11.8 Å². The van der Waals surface area contributed by atoms with Crippen LogP contribution in [0.2, 0.25) is 0 Å². The summed E-state index contributed by atoms with van der Waals surface area (Å²) in [5.41, 5.74) is 0.739. The van der Waals surface area contributed by atoms with Gasteiger partial charge in [-0.05, 0) is 44.1 Å². The molecule has 3 heteroatoms. The van der Waals surface area contributed by atoms with Crippen LogP contribution in [0.5, 0.6) is 5.75 Å². The molecule has 0 heterocycles. The van der Waals surface area contributed by atoms with Gasteiger partial charge in [-0.3, -0.25) is 0 Å². The first-order valence-electron chi connectivity index (χ1n) is 7.27. The minimum Gasteiger partial charge on any atom is -0.497 e. The Balaban J connectivity index is 1.68. The van der Waals surface area contributed by atoms with Crippen LogP contribution in [0.1, 0.15) is 44.2 Å². The Morgan fingerprint density at radius 3 is 2.74 bits per heavy atom. The zero-order chi connectivity index (χ0) is 13.4. The average Bonchev–Trinajstić information content (AvgIpc) is 3.00. The fourth-order valence-electron chi connectivity index (χ4n) is 3.85. The number of hydrogen-bond acceptors (Lipinski definition) is 2. The largest absolute Gasteiger partial charge is 0.497 e. The van der Waals surface area contributed by atoms with Crippen LogP contribution < -0.4 is 10.1 Å². The molecule has 0 spiro atoms. The molecule has 4 atom stereocenters.